The molecule has 1 aliphatic heterocycles. The van der Waals surface area contributed by atoms with Crippen molar-refractivity contribution >= 4 is 14.6 Å². The Morgan fingerprint density at radius 3 is 2.25 bits per heavy atom. The molecule has 0 bridgehead atoms. The number of carbonyl (C=O) groups excluding carboxylic acids is 1. The molecule has 4 rings (SSSR count). The summed E-state index contributed by atoms with van der Waals surface area (Å²) in [6.45, 7) is 18.1. The number of ether oxygens (including phenoxy) is 2. The van der Waals surface area contributed by atoms with Gasteiger partial charge in [-0.1, -0.05) is 34.6 Å². The van der Waals surface area contributed by atoms with E-state index < -0.39 is 8.32 Å². The summed E-state index contributed by atoms with van der Waals surface area (Å²) in [5.74, 6) is 1.48. The van der Waals surface area contributed by atoms with Crippen molar-refractivity contribution in [2.45, 2.75) is 122 Å². The minimum atomic E-state index is -1.79. The van der Waals surface area contributed by atoms with Gasteiger partial charge in [0.2, 0.25) is 0 Å². The fourth-order valence-electron chi connectivity index (χ4n) is 7.62. The molecule has 0 N–H and O–H groups in total. The van der Waals surface area contributed by atoms with E-state index in [1.807, 2.05) is 0 Å². The van der Waals surface area contributed by atoms with E-state index in [-0.39, 0.29) is 21.7 Å². The van der Waals surface area contributed by atoms with Crippen molar-refractivity contribution in [2.24, 2.45) is 28.6 Å². The van der Waals surface area contributed by atoms with E-state index in [0.717, 1.165) is 32.5 Å². The monoisotopic (exact) mass is 464 g/mol. The smallest absolute Gasteiger partial charge is 0.192 e. The zero-order valence-electron chi connectivity index (χ0n) is 21.8. The Kier molecular flexibility index (Phi) is 6.58. The van der Waals surface area contributed by atoms with Crippen molar-refractivity contribution in [2.75, 3.05) is 13.2 Å². The van der Waals surface area contributed by atoms with Gasteiger partial charge in [-0.15, -0.1) is 0 Å². The third-order valence-corrected chi connectivity index (χ3v) is 15.5. The average molecular weight is 465 g/mol. The maximum absolute atomic E-state index is 11.7. The molecular weight excluding hydrogens is 416 g/mol. The van der Waals surface area contributed by atoms with Crippen LogP contribution in [0.2, 0.25) is 18.1 Å². The molecule has 32 heavy (non-hydrogen) atoms. The normalized spacial score (nSPS) is 42.2. The van der Waals surface area contributed by atoms with Gasteiger partial charge in [0.05, 0.1) is 13.2 Å². The van der Waals surface area contributed by atoms with E-state index in [9.17, 15) is 4.79 Å². The zero-order valence-corrected chi connectivity index (χ0v) is 22.8. The Bertz CT molecular complexity index is 694. The molecule has 5 heteroatoms. The zero-order chi connectivity index (χ0) is 23.4. The topological polar surface area (TPSA) is 44.8 Å². The SMILES string of the molecule is CC(C)(C)[Si](C)(C)O[C@H]1CC[C@](C)([C@H]2CC[C@@]3(C)[C@@H](CCC34OCCO4)C2)[C@@H](CC=O)C1. The van der Waals surface area contributed by atoms with Crippen LogP contribution in [-0.2, 0) is 18.7 Å². The van der Waals surface area contributed by atoms with Gasteiger partial charge in [-0.3, -0.25) is 0 Å². The summed E-state index contributed by atoms with van der Waals surface area (Å²) < 4.78 is 19.3. The predicted octanol–water partition coefficient (Wildman–Crippen LogP) is 6.73. The van der Waals surface area contributed by atoms with Crippen LogP contribution in [0.15, 0.2) is 0 Å². The molecule has 0 aromatic heterocycles. The first kappa shape index (κ1) is 24.9. The van der Waals surface area contributed by atoms with Crippen LogP contribution in [0.4, 0.5) is 0 Å². The van der Waals surface area contributed by atoms with Crippen LogP contribution in [-0.4, -0.2) is 39.7 Å². The van der Waals surface area contributed by atoms with Gasteiger partial charge in [0, 0.05) is 24.4 Å². The Hall–Kier alpha value is -0.233. The minimum absolute atomic E-state index is 0.152. The van der Waals surface area contributed by atoms with Crippen molar-refractivity contribution < 1.29 is 18.7 Å². The van der Waals surface area contributed by atoms with E-state index in [1.54, 1.807) is 0 Å². The largest absolute Gasteiger partial charge is 0.414 e. The molecule has 4 nitrogen and oxygen atoms in total. The Balaban J connectivity index is 1.47. The first-order valence-corrected chi connectivity index (χ1v) is 16.2. The summed E-state index contributed by atoms with van der Waals surface area (Å²) in [7, 11) is -1.79. The summed E-state index contributed by atoms with van der Waals surface area (Å²) in [6, 6.07) is 0. The van der Waals surface area contributed by atoms with Crippen LogP contribution in [0, 0.1) is 28.6 Å². The lowest BCUT2D eigenvalue weighted by molar-refractivity contribution is -0.236. The van der Waals surface area contributed by atoms with Crippen LogP contribution in [0.5, 0.6) is 0 Å². The molecule has 3 aliphatic carbocycles. The van der Waals surface area contributed by atoms with Crippen LogP contribution in [0.3, 0.4) is 0 Å². The summed E-state index contributed by atoms with van der Waals surface area (Å²) >= 11 is 0. The summed E-state index contributed by atoms with van der Waals surface area (Å²) in [4.78, 5) is 11.7. The van der Waals surface area contributed by atoms with Crippen LogP contribution in [0.25, 0.3) is 0 Å². The van der Waals surface area contributed by atoms with Crippen molar-refractivity contribution in [1.82, 2.24) is 0 Å². The van der Waals surface area contributed by atoms with E-state index >= 15 is 0 Å². The fraction of sp³-hybridized carbons (Fsp3) is 0.963. The van der Waals surface area contributed by atoms with E-state index in [2.05, 4.69) is 47.7 Å². The molecule has 1 spiro atoms. The lowest BCUT2D eigenvalue weighted by Gasteiger charge is -2.55. The Morgan fingerprint density at radius 2 is 1.62 bits per heavy atom. The summed E-state index contributed by atoms with van der Waals surface area (Å²) in [5, 5.41) is 0.227. The third-order valence-electron chi connectivity index (χ3n) is 11.0. The second kappa shape index (κ2) is 8.46. The standard InChI is InChI=1S/C27H48O4Si/c1-24(2,3)32(6,7)31-23-10-12-25(4,21(19-23)11-15-28)20-8-13-26(5)22(18-20)9-14-27(26)29-16-17-30-27/h15,20-23H,8-14,16-19H2,1-7H3/t20-,21-,22-,23-,25+,26-/m0/s1. The molecule has 6 atom stereocenters. The van der Waals surface area contributed by atoms with E-state index in [4.69, 9.17) is 13.9 Å². The van der Waals surface area contributed by atoms with E-state index in [0.29, 0.717) is 30.3 Å². The lowest BCUT2D eigenvalue weighted by Crippen LogP contribution is -2.52. The molecule has 0 aromatic carbocycles. The highest BCUT2D eigenvalue weighted by molar-refractivity contribution is 6.74. The maximum Gasteiger partial charge on any atom is 0.192 e. The van der Waals surface area contributed by atoms with Crippen molar-refractivity contribution in [3.05, 3.63) is 0 Å². The van der Waals surface area contributed by atoms with Crippen LogP contribution >= 0.6 is 0 Å². The lowest BCUT2D eigenvalue weighted by atomic mass is 9.52. The Morgan fingerprint density at radius 1 is 0.969 bits per heavy atom. The second-order valence-electron chi connectivity index (χ2n) is 13.5. The van der Waals surface area contributed by atoms with Gasteiger partial charge in [0.25, 0.3) is 0 Å². The van der Waals surface area contributed by atoms with Gasteiger partial charge < -0.3 is 18.7 Å². The fourth-order valence-corrected chi connectivity index (χ4v) is 9.02. The molecule has 3 saturated carbocycles. The molecule has 4 aliphatic rings. The maximum atomic E-state index is 11.7. The molecule has 0 radical (unpaired) electrons. The first-order valence-electron chi connectivity index (χ1n) is 13.3. The molecule has 0 amide bonds. The van der Waals surface area contributed by atoms with Gasteiger partial charge in [-0.25, -0.2) is 0 Å². The minimum Gasteiger partial charge on any atom is -0.414 e. The van der Waals surface area contributed by atoms with Crippen molar-refractivity contribution in [1.29, 1.82) is 0 Å². The highest BCUT2D eigenvalue weighted by Gasteiger charge is 2.63. The summed E-state index contributed by atoms with van der Waals surface area (Å²) in [6.07, 6.45) is 11.5. The number of hydrogen-bond donors (Lipinski definition) is 0. The van der Waals surface area contributed by atoms with Gasteiger partial charge in [0.15, 0.2) is 14.1 Å². The molecule has 1 heterocycles. The average Bonchev–Trinajstić information content (AvgIpc) is 3.30. The molecular formula is C27H48O4Si. The quantitative estimate of drug-likeness (QED) is 0.334. The van der Waals surface area contributed by atoms with Crippen LogP contribution in [0.1, 0.15) is 92.4 Å². The number of rotatable bonds is 5. The number of hydrogen-bond acceptors (Lipinski definition) is 4. The number of aldehydes is 1. The molecule has 4 fully saturated rings. The first-order chi connectivity index (χ1) is 14.9. The number of carbonyl (C=O) groups is 1. The second-order valence-corrected chi connectivity index (χ2v) is 18.2. The van der Waals surface area contributed by atoms with E-state index in [1.165, 1.54) is 38.4 Å². The van der Waals surface area contributed by atoms with Gasteiger partial charge in [-0.2, -0.15) is 0 Å². The third kappa shape index (κ3) is 3.97. The van der Waals surface area contributed by atoms with Gasteiger partial charge >= 0.3 is 0 Å². The van der Waals surface area contributed by atoms with Gasteiger partial charge in [-0.05, 0) is 86.2 Å². The molecule has 0 aromatic rings. The molecule has 184 valence electrons. The summed E-state index contributed by atoms with van der Waals surface area (Å²) in [5.41, 5.74) is 0.391. The van der Waals surface area contributed by atoms with Gasteiger partial charge in [0.1, 0.15) is 6.29 Å². The Labute approximate surface area is 197 Å². The highest BCUT2D eigenvalue weighted by Crippen LogP contribution is 2.65. The van der Waals surface area contributed by atoms with Crippen molar-refractivity contribution in [3.8, 4) is 0 Å². The highest BCUT2D eigenvalue weighted by atomic mass is 28.4. The number of fused-ring (bicyclic) bond motifs is 2. The molecule has 1 saturated heterocycles. The molecule has 0 unspecified atom stereocenters. The van der Waals surface area contributed by atoms with Crippen LogP contribution < -0.4 is 0 Å². The predicted molar refractivity (Wildman–Crippen MR) is 131 cm³/mol. The van der Waals surface area contributed by atoms with Crippen molar-refractivity contribution in [3.63, 3.8) is 0 Å².